The van der Waals surface area contributed by atoms with Crippen molar-refractivity contribution in [2.45, 2.75) is 39.2 Å². The number of piperidine rings is 1. The third-order valence-corrected chi connectivity index (χ3v) is 3.80. The second-order valence-corrected chi connectivity index (χ2v) is 5.45. The molecule has 6 nitrogen and oxygen atoms in total. The van der Waals surface area contributed by atoms with Crippen molar-refractivity contribution >= 4 is 5.78 Å². The lowest BCUT2D eigenvalue weighted by atomic mass is 10.1. The van der Waals surface area contributed by atoms with E-state index in [4.69, 9.17) is 0 Å². The molecular formula is C14H21N3O3. The average molecular weight is 279 g/mol. The van der Waals surface area contributed by atoms with Gasteiger partial charge in [0.15, 0.2) is 5.78 Å². The molecule has 1 aromatic rings. The molecule has 1 aliphatic rings. The molecule has 110 valence electrons. The largest absolute Gasteiger partial charge is 0.328 e. The molecule has 2 rings (SSSR count). The smallest absolute Gasteiger partial charge is 0.313 e. The van der Waals surface area contributed by atoms with Gasteiger partial charge in [-0.15, -0.1) is 0 Å². The van der Waals surface area contributed by atoms with Gasteiger partial charge in [-0.1, -0.05) is 6.42 Å². The Kier molecular flexibility index (Phi) is 4.54. The van der Waals surface area contributed by atoms with Crippen LogP contribution in [0.4, 0.5) is 0 Å². The lowest BCUT2D eigenvalue weighted by Gasteiger charge is -2.29. The highest BCUT2D eigenvalue weighted by Gasteiger charge is 2.19. The lowest BCUT2D eigenvalue weighted by Crippen LogP contribution is -2.44. The maximum atomic E-state index is 12.2. The summed E-state index contributed by atoms with van der Waals surface area (Å²) in [7, 11) is 0. The van der Waals surface area contributed by atoms with Crippen LogP contribution in [0.3, 0.4) is 0 Å². The summed E-state index contributed by atoms with van der Waals surface area (Å²) in [5, 5.41) is 0. The minimum atomic E-state index is -0.495. The lowest BCUT2D eigenvalue weighted by molar-refractivity contribution is 0.101. The highest BCUT2D eigenvalue weighted by molar-refractivity contribution is 5.93. The van der Waals surface area contributed by atoms with Crippen LogP contribution in [0.2, 0.25) is 0 Å². The number of nitrogens with zero attached hydrogens (tertiary/aromatic N) is 2. The fourth-order valence-electron chi connectivity index (χ4n) is 2.74. The van der Waals surface area contributed by atoms with Gasteiger partial charge in [-0.2, -0.15) is 0 Å². The molecule has 20 heavy (non-hydrogen) atoms. The van der Waals surface area contributed by atoms with Gasteiger partial charge < -0.3 is 9.88 Å². The van der Waals surface area contributed by atoms with Crippen LogP contribution in [0.15, 0.2) is 15.8 Å². The minimum absolute atomic E-state index is 0.0371. The van der Waals surface area contributed by atoms with Crippen molar-refractivity contribution in [2.75, 3.05) is 19.6 Å². The molecule has 0 spiro atoms. The number of aromatic nitrogens is 2. The molecule has 6 heteroatoms. The maximum Gasteiger partial charge on any atom is 0.328 e. The van der Waals surface area contributed by atoms with E-state index in [0.29, 0.717) is 6.54 Å². The monoisotopic (exact) mass is 279 g/mol. The van der Waals surface area contributed by atoms with E-state index < -0.39 is 11.2 Å². The van der Waals surface area contributed by atoms with Gasteiger partial charge in [0.2, 0.25) is 0 Å². The number of carbonyl (C=O) groups is 1. The summed E-state index contributed by atoms with van der Waals surface area (Å²) in [6.07, 6.45) is 4.76. The van der Waals surface area contributed by atoms with Crippen molar-refractivity contribution in [1.29, 1.82) is 0 Å². The van der Waals surface area contributed by atoms with Crippen molar-refractivity contribution in [2.24, 2.45) is 0 Å². The summed E-state index contributed by atoms with van der Waals surface area (Å²) in [6, 6.07) is -0.247. The molecule has 1 atom stereocenters. The van der Waals surface area contributed by atoms with Crippen LogP contribution < -0.4 is 11.2 Å². The predicted molar refractivity (Wildman–Crippen MR) is 76.3 cm³/mol. The van der Waals surface area contributed by atoms with Gasteiger partial charge in [-0.05, 0) is 39.8 Å². The van der Waals surface area contributed by atoms with Crippen molar-refractivity contribution in [3.8, 4) is 0 Å². The van der Waals surface area contributed by atoms with Gasteiger partial charge in [0.05, 0.1) is 11.6 Å². The van der Waals surface area contributed by atoms with Crippen molar-refractivity contribution < 1.29 is 4.79 Å². The Morgan fingerprint density at radius 2 is 1.95 bits per heavy atom. The summed E-state index contributed by atoms with van der Waals surface area (Å²) in [5.74, 6) is -0.329. The number of likely N-dealkylation sites (tertiary alicyclic amines) is 1. The fraction of sp³-hybridized carbons (Fsp3) is 0.643. The Labute approximate surface area is 117 Å². The Morgan fingerprint density at radius 1 is 1.30 bits per heavy atom. The molecule has 0 saturated carbocycles. The van der Waals surface area contributed by atoms with Gasteiger partial charge in [-0.3, -0.25) is 14.2 Å². The molecule has 1 saturated heterocycles. The number of nitrogens with one attached hydrogen (secondary N) is 1. The fourth-order valence-corrected chi connectivity index (χ4v) is 2.74. The summed E-state index contributed by atoms with van der Waals surface area (Å²) < 4.78 is 1.16. The van der Waals surface area contributed by atoms with Crippen LogP contribution in [0.1, 0.15) is 49.5 Å². The molecule has 0 aromatic carbocycles. The van der Waals surface area contributed by atoms with Crippen LogP contribution in [0.25, 0.3) is 0 Å². The quantitative estimate of drug-likeness (QED) is 0.827. The highest BCUT2D eigenvalue weighted by atomic mass is 16.2. The van der Waals surface area contributed by atoms with Crippen LogP contribution in [0.5, 0.6) is 0 Å². The van der Waals surface area contributed by atoms with Crippen molar-refractivity contribution in [3.05, 3.63) is 32.6 Å². The summed E-state index contributed by atoms with van der Waals surface area (Å²) in [5.41, 5.74) is -0.912. The first kappa shape index (κ1) is 14.7. The number of Topliss-reactive ketones (excluding diaryl/α,β-unsaturated/α-hetero) is 1. The number of carbonyl (C=O) groups excluding carboxylic acids is 1. The van der Waals surface area contributed by atoms with E-state index in [1.165, 1.54) is 19.5 Å². The zero-order valence-electron chi connectivity index (χ0n) is 12.0. The summed E-state index contributed by atoms with van der Waals surface area (Å²) in [6.45, 7) is 5.83. The molecule has 0 aliphatic carbocycles. The third-order valence-electron chi connectivity index (χ3n) is 3.80. The number of aromatic amines is 1. The second kappa shape index (κ2) is 6.17. The number of ketones is 1. The normalized spacial score (nSPS) is 17.9. The summed E-state index contributed by atoms with van der Waals surface area (Å²) >= 11 is 0. The van der Waals surface area contributed by atoms with Crippen LogP contribution >= 0.6 is 0 Å². The standard InChI is InChI=1S/C14H21N3O3/c1-10(9-16-6-4-3-5-7-16)17-13(19)12(11(2)18)8-15-14(17)20/h8,10H,3-7,9H2,1-2H3,(H,15,20). The molecule has 2 heterocycles. The SMILES string of the molecule is CC(=O)c1c[nH]c(=O)n(C(C)CN2CCCCC2)c1=O. The second-order valence-electron chi connectivity index (χ2n) is 5.45. The predicted octanol–water partition coefficient (Wildman–Crippen LogP) is 0.786. The minimum Gasteiger partial charge on any atom is -0.313 e. The molecule has 1 N–H and O–H groups in total. The third kappa shape index (κ3) is 3.07. The molecule has 0 amide bonds. The summed E-state index contributed by atoms with van der Waals surface area (Å²) in [4.78, 5) is 40.2. The number of hydrogen-bond donors (Lipinski definition) is 1. The molecule has 1 aliphatic heterocycles. The van der Waals surface area contributed by atoms with Crippen LogP contribution in [-0.2, 0) is 0 Å². The Morgan fingerprint density at radius 3 is 2.55 bits per heavy atom. The zero-order chi connectivity index (χ0) is 14.7. The molecule has 1 fully saturated rings. The average Bonchev–Trinajstić information content (AvgIpc) is 2.39. The van der Waals surface area contributed by atoms with Crippen molar-refractivity contribution in [1.82, 2.24) is 14.5 Å². The first-order chi connectivity index (χ1) is 9.50. The van der Waals surface area contributed by atoms with E-state index in [2.05, 4.69) is 9.88 Å². The first-order valence-electron chi connectivity index (χ1n) is 7.08. The van der Waals surface area contributed by atoms with Gasteiger partial charge >= 0.3 is 5.69 Å². The topological polar surface area (TPSA) is 75.2 Å². The molecule has 0 radical (unpaired) electrons. The number of rotatable bonds is 4. The Bertz CT molecular complexity index is 596. The van der Waals surface area contributed by atoms with Gasteiger partial charge in [0, 0.05) is 12.7 Å². The zero-order valence-corrected chi connectivity index (χ0v) is 12.0. The molecular weight excluding hydrogens is 258 g/mol. The Balaban J connectivity index is 2.26. The van der Waals surface area contributed by atoms with E-state index in [9.17, 15) is 14.4 Å². The highest BCUT2D eigenvalue weighted by Crippen LogP contribution is 2.12. The van der Waals surface area contributed by atoms with E-state index in [1.807, 2.05) is 6.92 Å². The van der Waals surface area contributed by atoms with Gasteiger partial charge in [0.1, 0.15) is 0 Å². The van der Waals surface area contributed by atoms with Gasteiger partial charge in [-0.25, -0.2) is 4.79 Å². The van der Waals surface area contributed by atoms with E-state index in [1.54, 1.807) is 0 Å². The first-order valence-corrected chi connectivity index (χ1v) is 7.08. The Hall–Kier alpha value is -1.69. The molecule has 1 unspecified atom stereocenters. The number of H-pyrrole nitrogens is 1. The van der Waals surface area contributed by atoms with Gasteiger partial charge in [0.25, 0.3) is 5.56 Å². The van der Waals surface area contributed by atoms with Crippen LogP contribution in [0, 0.1) is 0 Å². The van der Waals surface area contributed by atoms with E-state index in [-0.39, 0.29) is 17.4 Å². The maximum absolute atomic E-state index is 12.2. The molecule has 0 bridgehead atoms. The van der Waals surface area contributed by atoms with Crippen LogP contribution in [-0.4, -0.2) is 39.9 Å². The van der Waals surface area contributed by atoms with Crippen molar-refractivity contribution in [3.63, 3.8) is 0 Å². The number of hydrogen-bond acceptors (Lipinski definition) is 4. The van der Waals surface area contributed by atoms with E-state index >= 15 is 0 Å². The molecule has 1 aromatic heterocycles. The van der Waals surface area contributed by atoms with E-state index in [0.717, 1.165) is 30.5 Å².